The lowest BCUT2D eigenvalue weighted by molar-refractivity contribution is 0.109. The normalized spacial score (nSPS) is 14.7. The van der Waals surface area contributed by atoms with Crippen LogP contribution >= 0.6 is 0 Å². The number of carbonyl (C=O) groups is 1. The summed E-state index contributed by atoms with van der Waals surface area (Å²) in [6.07, 6.45) is 1.75. The molecule has 0 aliphatic heterocycles. The van der Waals surface area contributed by atoms with Crippen molar-refractivity contribution in [3.63, 3.8) is 0 Å². The molecule has 1 amide bonds. The second-order valence-electron chi connectivity index (χ2n) is 7.47. The van der Waals surface area contributed by atoms with E-state index >= 15 is 0 Å². The Labute approximate surface area is 154 Å². The zero-order valence-corrected chi connectivity index (χ0v) is 18.6. The first-order chi connectivity index (χ1) is 11.0. The van der Waals surface area contributed by atoms with E-state index in [0.29, 0.717) is 0 Å². The van der Waals surface area contributed by atoms with Gasteiger partial charge in [0.25, 0.3) is 10.1 Å². The topological polar surface area (TPSA) is 105 Å². The van der Waals surface area contributed by atoms with Crippen molar-refractivity contribution < 1.29 is 26.6 Å². The maximum absolute atomic E-state index is 10.9. The average molecular weight is 398 g/mol. The molecule has 9 heteroatoms. The van der Waals surface area contributed by atoms with E-state index in [2.05, 4.69) is 50.9 Å². The molecule has 7 nitrogen and oxygen atoms in total. The van der Waals surface area contributed by atoms with E-state index in [1.807, 2.05) is 13.8 Å². The van der Waals surface area contributed by atoms with Gasteiger partial charge in [-0.1, -0.05) is 40.3 Å². The lowest BCUT2D eigenvalue weighted by Crippen LogP contribution is -2.45. The molecule has 25 heavy (non-hydrogen) atoms. The fourth-order valence-electron chi connectivity index (χ4n) is 1.27. The van der Waals surface area contributed by atoms with Gasteiger partial charge in [-0.3, -0.25) is 4.18 Å². The summed E-state index contributed by atoms with van der Waals surface area (Å²) < 4.78 is 37.1. The summed E-state index contributed by atoms with van der Waals surface area (Å²) in [5.74, 6) is 0.0499. The molecule has 0 aliphatic carbocycles. The summed E-state index contributed by atoms with van der Waals surface area (Å²) in [6, 6.07) is 0. The predicted octanol–water partition coefficient (Wildman–Crippen LogP) is 3.28. The minimum atomic E-state index is -3.37. The lowest BCUT2D eigenvalue weighted by Gasteiger charge is -2.39. The van der Waals surface area contributed by atoms with E-state index in [0.717, 1.165) is 6.26 Å². The Morgan fingerprint density at radius 2 is 1.76 bits per heavy atom. The number of amides is 1. The molecule has 0 heterocycles. The summed E-state index contributed by atoms with van der Waals surface area (Å²) in [6.45, 7) is 18.5. The molecule has 0 aromatic carbocycles. The molecule has 0 bridgehead atoms. The Kier molecular flexibility index (Phi) is 11.5. The highest BCUT2D eigenvalue weighted by Crippen LogP contribution is 2.37. The molecule has 0 aromatic rings. The first-order valence-corrected chi connectivity index (χ1v) is 12.8. The monoisotopic (exact) mass is 397 g/mol. The highest BCUT2D eigenvalue weighted by Gasteiger charge is 2.39. The standard InChI is InChI=1S/C12H28O4SSi.C4H7NO2/c1-10(9-15-17(6,13)14)11(2)16-18(7,8)12(3,4)5;1-2-3-7-4(5)6/h10-11H,9H2,1-8H3;2H,1,3H2,(H2,5,6). The summed E-state index contributed by atoms with van der Waals surface area (Å²) in [4.78, 5) is 9.71. The van der Waals surface area contributed by atoms with Crippen LogP contribution in [0.1, 0.15) is 34.6 Å². The van der Waals surface area contributed by atoms with E-state index in [-0.39, 0.29) is 30.3 Å². The van der Waals surface area contributed by atoms with E-state index in [1.165, 1.54) is 6.08 Å². The van der Waals surface area contributed by atoms with Crippen molar-refractivity contribution in [1.29, 1.82) is 0 Å². The van der Waals surface area contributed by atoms with Gasteiger partial charge in [0.05, 0.1) is 12.9 Å². The quantitative estimate of drug-likeness (QED) is 0.383. The van der Waals surface area contributed by atoms with Gasteiger partial charge in [0.1, 0.15) is 6.61 Å². The van der Waals surface area contributed by atoms with Crippen LogP contribution in [-0.2, 0) is 23.5 Å². The van der Waals surface area contributed by atoms with Crippen LogP contribution in [0.4, 0.5) is 4.79 Å². The number of nitrogens with two attached hydrogens (primary N) is 1. The van der Waals surface area contributed by atoms with Crippen molar-refractivity contribution in [3.8, 4) is 0 Å². The molecule has 0 radical (unpaired) electrons. The van der Waals surface area contributed by atoms with Gasteiger partial charge < -0.3 is 14.9 Å². The van der Waals surface area contributed by atoms with Crippen molar-refractivity contribution in [2.45, 2.75) is 58.9 Å². The summed E-state index contributed by atoms with van der Waals surface area (Å²) in [5, 5.41) is 0.151. The van der Waals surface area contributed by atoms with Crippen molar-refractivity contribution >= 4 is 24.5 Å². The number of hydrogen-bond acceptors (Lipinski definition) is 6. The average Bonchev–Trinajstić information content (AvgIpc) is 2.40. The highest BCUT2D eigenvalue weighted by molar-refractivity contribution is 7.85. The number of primary amides is 1. The molecule has 2 N–H and O–H groups in total. The molecule has 2 atom stereocenters. The van der Waals surface area contributed by atoms with Crippen LogP contribution in [0.2, 0.25) is 18.1 Å². The molecular weight excluding hydrogens is 362 g/mol. The van der Waals surface area contributed by atoms with Gasteiger partial charge in [-0.2, -0.15) is 8.42 Å². The van der Waals surface area contributed by atoms with Crippen LogP contribution in [0.3, 0.4) is 0 Å². The van der Waals surface area contributed by atoms with E-state index in [9.17, 15) is 13.2 Å². The third kappa shape index (κ3) is 14.0. The minimum absolute atomic E-state index is 0.00681. The highest BCUT2D eigenvalue weighted by atomic mass is 32.2. The minimum Gasteiger partial charge on any atom is -0.445 e. The fraction of sp³-hybridized carbons (Fsp3) is 0.812. The molecule has 0 rings (SSSR count). The summed E-state index contributed by atoms with van der Waals surface area (Å²) in [7, 11) is -5.18. The summed E-state index contributed by atoms with van der Waals surface area (Å²) >= 11 is 0. The van der Waals surface area contributed by atoms with Gasteiger partial charge >= 0.3 is 6.09 Å². The Morgan fingerprint density at radius 1 is 1.28 bits per heavy atom. The Balaban J connectivity index is 0. The Morgan fingerprint density at radius 3 is 2.04 bits per heavy atom. The summed E-state index contributed by atoms with van der Waals surface area (Å²) in [5.41, 5.74) is 4.57. The smallest absolute Gasteiger partial charge is 0.404 e. The lowest BCUT2D eigenvalue weighted by atomic mass is 10.1. The molecule has 150 valence electrons. The van der Waals surface area contributed by atoms with Crippen LogP contribution in [0, 0.1) is 5.92 Å². The Bertz CT molecular complexity index is 513. The SMILES string of the molecule is C=CCOC(N)=O.CC(COS(C)(=O)=O)C(C)O[Si](C)(C)C(C)(C)C. The number of carbonyl (C=O) groups excluding carboxylic acids is 1. The predicted molar refractivity (Wildman–Crippen MR) is 103 cm³/mol. The maximum Gasteiger partial charge on any atom is 0.404 e. The Hall–Kier alpha value is -0.903. The molecule has 0 spiro atoms. The maximum atomic E-state index is 10.9. The van der Waals surface area contributed by atoms with E-state index < -0.39 is 24.5 Å². The first-order valence-electron chi connectivity index (χ1n) is 8.09. The second-order valence-corrected chi connectivity index (χ2v) is 13.9. The third-order valence-electron chi connectivity index (χ3n) is 3.98. The van der Waals surface area contributed by atoms with Crippen LogP contribution in [0.25, 0.3) is 0 Å². The third-order valence-corrected chi connectivity index (χ3v) is 9.11. The molecular formula is C16H35NO6SSi. The van der Waals surface area contributed by atoms with Gasteiger partial charge in [0.15, 0.2) is 8.32 Å². The van der Waals surface area contributed by atoms with Gasteiger partial charge in [-0.25, -0.2) is 4.79 Å². The number of rotatable bonds is 8. The van der Waals surface area contributed by atoms with Crippen LogP contribution in [0.5, 0.6) is 0 Å². The molecule has 0 saturated carbocycles. The largest absolute Gasteiger partial charge is 0.445 e. The van der Waals surface area contributed by atoms with E-state index in [1.54, 1.807) is 0 Å². The second kappa shape index (κ2) is 10.9. The zero-order valence-electron chi connectivity index (χ0n) is 16.8. The van der Waals surface area contributed by atoms with Crippen molar-refractivity contribution in [1.82, 2.24) is 0 Å². The zero-order chi connectivity index (χ0) is 20.5. The van der Waals surface area contributed by atoms with Gasteiger partial charge in [-0.15, -0.1) is 0 Å². The number of ether oxygens (including phenoxy) is 1. The van der Waals surface area contributed by atoms with Crippen molar-refractivity contribution in [2.75, 3.05) is 19.5 Å². The van der Waals surface area contributed by atoms with Crippen molar-refractivity contribution in [2.24, 2.45) is 11.7 Å². The molecule has 2 unspecified atom stereocenters. The molecule has 0 saturated heterocycles. The van der Waals surface area contributed by atoms with Gasteiger partial charge in [0, 0.05) is 12.0 Å². The van der Waals surface area contributed by atoms with Crippen LogP contribution in [-0.4, -0.2) is 48.4 Å². The van der Waals surface area contributed by atoms with Gasteiger partial charge in [0.2, 0.25) is 0 Å². The van der Waals surface area contributed by atoms with Crippen LogP contribution in [0.15, 0.2) is 12.7 Å². The van der Waals surface area contributed by atoms with E-state index in [4.69, 9.17) is 8.61 Å². The van der Waals surface area contributed by atoms with Gasteiger partial charge in [-0.05, 0) is 25.1 Å². The van der Waals surface area contributed by atoms with Crippen molar-refractivity contribution in [3.05, 3.63) is 12.7 Å². The van der Waals surface area contributed by atoms with Crippen LogP contribution < -0.4 is 5.73 Å². The molecule has 0 aliphatic rings. The molecule has 0 fully saturated rings. The first kappa shape index (κ1) is 26.3. The number of hydrogen-bond donors (Lipinski definition) is 1. The molecule has 0 aromatic heterocycles. The fourth-order valence-corrected chi connectivity index (χ4v) is 3.24.